The fourth-order valence-corrected chi connectivity index (χ4v) is 2.45. The largest absolute Gasteiger partial charge is 0.456 e. The maximum absolute atomic E-state index is 11.9. The van der Waals surface area contributed by atoms with E-state index in [4.69, 9.17) is 9.47 Å². The lowest BCUT2D eigenvalue weighted by atomic mass is 10.2. The van der Waals surface area contributed by atoms with Gasteiger partial charge in [-0.3, -0.25) is 4.98 Å². The first-order valence-corrected chi connectivity index (χ1v) is 6.35. The molecule has 17 heavy (non-hydrogen) atoms. The van der Waals surface area contributed by atoms with Gasteiger partial charge in [0.15, 0.2) is 0 Å². The maximum atomic E-state index is 11.9. The molecule has 1 aliphatic carbocycles. The number of pyridine rings is 1. The van der Waals surface area contributed by atoms with Gasteiger partial charge < -0.3 is 9.47 Å². The highest BCUT2D eigenvalue weighted by atomic mass is 79.9. The summed E-state index contributed by atoms with van der Waals surface area (Å²) in [6, 6.07) is 1.64. The maximum Gasteiger partial charge on any atom is 0.339 e. The molecule has 0 bridgehead atoms. The highest BCUT2D eigenvalue weighted by Gasteiger charge is 2.31. The number of halogens is 1. The number of hydrogen-bond donors (Lipinski definition) is 0. The average molecular weight is 300 g/mol. The summed E-state index contributed by atoms with van der Waals surface area (Å²) in [6.45, 7) is 0. The molecule has 92 valence electrons. The average Bonchev–Trinajstić information content (AvgIpc) is 2.76. The van der Waals surface area contributed by atoms with Gasteiger partial charge in [-0.05, 0) is 41.3 Å². The third-order valence-corrected chi connectivity index (χ3v) is 3.58. The molecular formula is C12H14BrNO3. The minimum Gasteiger partial charge on any atom is -0.456 e. The Hall–Kier alpha value is -0.940. The highest BCUT2D eigenvalue weighted by Crippen LogP contribution is 2.26. The van der Waals surface area contributed by atoms with E-state index in [1.165, 1.54) is 0 Å². The van der Waals surface area contributed by atoms with Crippen molar-refractivity contribution >= 4 is 21.9 Å². The Morgan fingerprint density at radius 2 is 2.24 bits per heavy atom. The van der Waals surface area contributed by atoms with Gasteiger partial charge in [-0.1, -0.05) is 0 Å². The lowest BCUT2D eigenvalue weighted by Gasteiger charge is -2.18. The van der Waals surface area contributed by atoms with E-state index in [-0.39, 0.29) is 18.2 Å². The van der Waals surface area contributed by atoms with E-state index < -0.39 is 0 Å². The molecule has 1 fully saturated rings. The molecule has 1 heterocycles. The van der Waals surface area contributed by atoms with E-state index in [9.17, 15) is 4.79 Å². The van der Waals surface area contributed by atoms with Crippen LogP contribution in [-0.2, 0) is 9.47 Å². The number of rotatable bonds is 3. The second-order valence-corrected chi connectivity index (χ2v) is 4.86. The Labute approximate surface area is 108 Å². The first kappa shape index (κ1) is 12.5. The summed E-state index contributed by atoms with van der Waals surface area (Å²) >= 11 is 3.28. The molecule has 1 aliphatic rings. The Balaban J connectivity index is 2.04. The molecule has 4 nitrogen and oxygen atoms in total. The van der Waals surface area contributed by atoms with Gasteiger partial charge in [0.2, 0.25) is 0 Å². The van der Waals surface area contributed by atoms with Crippen LogP contribution in [0.2, 0.25) is 0 Å². The van der Waals surface area contributed by atoms with E-state index in [2.05, 4.69) is 20.9 Å². The number of aromatic nitrogens is 1. The summed E-state index contributed by atoms with van der Waals surface area (Å²) in [6.07, 6.45) is 5.91. The lowest BCUT2D eigenvalue weighted by molar-refractivity contribution is -0.0207. The molecule has 0 aliphatic heterocycles. The van der Waals surface area contributed by atoms with Gasteiger partial charge in [-0.25, -0.2) is 4.79 Å². The molecule has 0 saturated heterocycles. The van der Waals surface area contributed by atoms with Gasteiger partial charge in [-0.2, -0.15) is 0 Å². The van der Waals surface area contributed by atoms with Gasteiger partial charge in [0.25, 0.3) is 0 Å². The van der Waals surface area contributed by atoms with Crippen molar-refractivity contribution < 1.29 is 14.3 Å². The zero-order chi connectivity index (χ0) is 12.3. The lowest BCUT2D eigenvalue weighted by Crippen LogP contribution is -2.27. The number of nitrogens with zero attached hydrogens (tertiary/aromatic N) is 1. The van der Waals surface area contributed by atoms with E-state index in [0.717, 1.165) is 19.3 Å². The van der Waals surface area contributed by atoms with Crippen LogP contribution in [0, 0.1) is 0 Å². The second kappa shape index (κ2) is 5.60. The predicted octanol–water partition coefficient (Wildman–Crippen LogP) is 2.57. The third kappa shape index (κ3) is 2.84. The van der Waals surface area contributed by atoms with Gasteiger partial charge in [-0.15, -0.1) is 0 Å². The third-order valence-electron chi connectivity index (χ3n) is 2.95. The van der Waals surface area contributed by atoms with Crippen molar-refractivity contribution in [1.82, 2.24) is 4.98 Å². The number of carbonyl (C=O) groups excluding carboxylic acids is 1. The molecule has 2 atom stereocenters. The zero-order valence-electron chi connectivity index (χ0n) is 9.56. The van der Waals surface area contributed by atoms with Crippen molar-refractivity contribution in [2.75, 3.05) is 7.11 Å². The molecule has 1 aromatic heterocycles. The summed E-state index contributed by atoms with van der Waals surface area (Å²) in [7, 11) is 1.65. The fourth-order valence-electron chi connectivity index (χ4n) is 2.04. The standard InChI is InChI=1S/C12H14BrNO3/c1-16-10-3-2-4-11(10)17-12(15)8-5-6-14-7-9(8)13/h5-7,10-11H,2-4H2,1H3/t10-,11+/m1/s1. The Kier molecular flexibility index (Phi) is 4.12. The summed E-state index contributed by atoms with van der Waals surface area (Å²) in [5.74, 6) is -0.326. The van der Waals surface area contributed by atoms with Crippen molar-refractivity contribution in [3.8, 4) is 0 Å². The van der Waals surface area contributed by atoms with Crippen LogP contribution in [-0.4, -0.2) is 30.3 Å². The summed E-state index contributed by atoms with van der Waals surface area (Å²) < 4.78 is 11.4. The van der Waals surface area contributed by atoms with Crippen LogP contribution in [0.25, 0.3) is 0 Å². The number of carbonyl (C=O) groups is 1. The molecule has 1 saturated carbocycles. The smallest absolute Gasteiger partial charge is 0.339 e. The monoisotopic (exact) mass is 299 g/mol. The van der Waals surface area contributed by atoms with Crippen LogP contribution >= 0.6 is 15.9 Å². The van der Waals surface area contributed by atoms with Gasteiger partial charge >= 0.3 is 5.97 Å². The molecule has 0 N–H and O–H groups in total. The number of methoxy groups -OCH3 is 1. The SMILES string of the molecule is CO[C@@H]1CCC[C@@H]1OC(=O)c1ccncc1Br. The minimum absolute atomic E-state index is 0.0274. The van der Waals surface area contributed by atoms with Crippen LogP contribution in [0.4, 0.5) is 0 Å². The van der Waals surface area contributed by atoms with E-state index in [0.29, 0.717) is 10.0 Å². The van der Waals surface area contributed by atoms with Crippen LogP contribution < -0.4 is 0 Å². The van der Waals surface area contributed by atoms with Crippen LogP contribution in [0.5, 0.6) is 0 Å². The molecule has 0 amide bonds. The Morgan fingerprint density at radius 1 is 1.47 bits per heavy atom. The first-order valence-electron chi connectivity index (χ1n) is 5.55. The van der Waals surface area contributed by atoms with Gasteiger partial charge in [0.1, 0.15) is 6.10 Å². The predicted molar refractivity (Wildman–Crippen MR) is 65.8 cm³/mol. The molecule has 0 unspecified atom stereocenters. The number of ether oxygens (including phenoxy) is 2. The van der Waals surface area contributed by atoms with Crippen molar-refractivity contribution in [3.05, 3.63) is 28.5 Å². The van der Waals surface area contributed by atoms with E-state index in [1.807, 2.05) is 0 Å². The minimum atomic E-state index is -0.326. The molecule has 1 aromatic rings. The van der Waals surface area contributed by atoms with E-state index in [1.54, 1.807) is 25.6 Å². The molecule has 5 heteroatoms. The summed E-state index contributed by atoms with van der Waals surface area (Å²) in [5.41, 5.74) is 0.502. The van der Waals surface area contributed by atoms with Crippen molar-refractivity contribution in [1.29, 1.82) is 0 Å². The number of esters is 1. The van der Waals surface area contributed by atoms with Gasteiger partial charge in [0, 0.05) is 19.5 Å². The Bertz CT molecular complexity index is 410. The van der Waals surface area contributed by atoms with Crippen LogP contribution in [0.15, 0.2) is 22.9 Å². The summed E-state index contributed by atoms with van der Waals surface area (Å²) in [5, 5.41) is 0. The summed E-state index contributed by atoms with van der Waals surface area (Å²) in [4.78, 5) is 15.9. The van der Waals surface area contributed by atoms with E-state index >= 15 is 0 Å². The van der Waals surface area contributed by atoms with Crippen LogP contribution in [0.1, 0.15) is 29.6 Å². The normalized spacial score (nSPS) is 23.6. The van der Waals surface area contributed by atoms with Crippen molar-refractivity contribution in [2.45, 2.75) is 31.5 Å². The Morgan fingerprint density at radius 3 is 2.94 bits per heavy atom. The first-order chi connectivity index (χ1) is 8.22. The molecule has 2 rings (SSSR count). The molecular weight excluding hydrogens is 286 g/mol. The van der Waals surface area contributed by atoms with Crippen molar-refractivity contribution in [2.24, 2.45) is 0 Å². The topological polar surface area (TPSA) is 48.4 Å². The molecule has 0 radical (unpaired) electrons. The molecule has 0 aromatic carbocycles. The second-order valence-electron chi connectivity index (χ2n) is 4.00. The van der Waals surface area contributed by atoms with Crippen molar-refractivity contribution in [3.63, 3.8) is 0 Å². The molecule has 0 spiro atoms. The van der Waals surface area contributed by atoms with Gasteiger partial charge in [0.05, 0.1) is 16.1 Å². The number of hydrogen-bond acceptors (Lipinski definition) is 4. The zero-order valence-corrected chi connectivity index (χ0v) is 11.1. The van der Waals surface area contributed by atoms with Crippen LogP contribution in [0.3, 0.4) is 0 Å². The fraction of sp³-hybridized carbons (Fsp3) is 0.500. The highest BCUT2D eigenvalue weighted by molar-refractivity contribution is 9.10. The quantitative estimate of drug-likeness (QED) is 0.805.